The molecule has 2 aromatic carbocycles. The number of nitrogens with zero attached hydrogens (tertiary/aromatic N) is 3. The van der Waals surface area contributed by atoms with Crippen molar-refractivity contribution in [1.29, 1.82) is 0 Å². The molecule has 3 heterocycles. The van der Waals surface area contributed by atoms with E-state index in [1.165, 1.54) is 32.1 Å². The maximum atomic E-state index is 13.0. The fourth-order valence-corrected chi connectivity index (χ4v) is 5.62. The Balaban J connectivity index is 1.33. The predicted octanol–water partition coefficient (Wildman–Crippen LogP) is 1.56. The van der Waals surface area contributed by atoms with Gasteiger partial charge in [0.1, 0.15) is 0 Å². The molecule has 2 aliphatic rings. The molecule has 1 aromatic heterocycles. The molecule has 0 spiro atoms. The first kappa shape index (κ1) is 17.7. The highest BCUT2D eigenvalue weighted by Crippen LogP contribution is 2.29. The topological polar surface area (TPSA) is 75.8 Å². The Morgan fingerprint density at radius 2 is 1.82 bits per heavy atom. The quantitative estimate of drug-likeness (QED) is 0.668. The lowest BCUT2D eigenvalue weighted by atomic mass is 9.97. The van der Waals surface area contributed by atoms with Gasteiger partial charge in [0.25, 0.3) is 0 Å². The van der Waals surface area contributed by atoms with Gasteiger partial charge in [-0.3, -0.25) is 9.47 Å². The molecule has 0 amide bonds. The van der Waals surface area contributed by atoms with Gasteiger partial charge >= 0.3 is 5.76 Å². The summed E-state index contributed by atoms with van der Waals surface area (Å²) in [6, 6.07) is 13.2. The molecular weight excluding hydrogens is 378 g/mol. The summed E-state index contributed by atoms with van der Waals surface area (Å²) in [5, 5.41) is 0. The minimum absolute atomic E-state index is 0.193. The van der Waals surface area contributed by atoms with Gasteiger partial charge in [-0.05, 0) is 35.7 Å². The van der Waals surface area contributed by atoms with Crippen LogP contribution in [0.1, 0.15) is 11.1 Å². The molecule has 5 rings (SSSR count). The number of benzene rings is 2. The minimum atomic E-state index is -3.58. The van der Waals surface area contributed by atoms with Crippen LogP contribution in [-0.4, -0.2) is 47.9 Å². The van der Waals surface area contributed by atoms with Crippen LogP contribution in [0.25, 0.3) is 11.1 Å². The molecule has 146 valence electrons. The highest BCUT2D eigenvalue weighted by molar-refractivity contribution is 7.89. The molecule has 0 saturated carbocycles. The second-order valence-electron chi connectivity index (χ2n) is 7.52. The molecule has 0 N–H and O–H groups in total. The largest absolute Gasteiger partial charge is 0.419 e. The molecule has 1 saturated heterocycles. The summed E-state index contributed by atoms with van der Waals surface area (Å²) >= 11 is 0. The molecule has 0 bridgehead atoms. The van der Waals surface area contributed by atoms with E-state index in [-0.39, 0.29) is 10.9 Å². The normalized spacial score (nSPS) is 18.9. The monoisotopic (exact) mass is 399 g/mol. The Morgan fingerprint density at radius 1 is 1.07 bits per heavy atom. The number of hydrogen-bond acceptors (Lipinski definition) is 5. The van der Waals surface area contributed by atoms with E-state index in [9.17, 15) is 13.2 Å². The number of sulfonamides is 1. The third-order valence-electron chi connectivity index (χ3n) is 5.91. The van der Waals surface area contributed by atoms with Gasteiger partial charge in [-0.1, -0.05) is 24.3 Å². The molecule has 28 heavy (non-hydrogen) atoms. The van der Waals surface area contributed by atoms with Crippen molar-refractivity contribution in [1.82, 2.24) is 13.8 Å². The summed E-state index contributed by atoms with van der Waals surface area (Å²) in [5.74, 6) is -0.501. The van der Waals surface area contributed by atoms with E-state index in [0.29, 0.717) is 24.2 Å². The SMILES string of the molecule is Cn1c(=O)oc2ccc(S(=O)(=O)N3CC(N4CCc5ccccc5C4)C3)cc21. The van der Waals surface area contributed by atoms with Crippen molar-refractivity contribution < 1.29 is 12.8 Å². The number of aromatic nitrogens is 1. The maximum absolute atomic E-state index is 13.0. The first-order valence-corrected chi connectivity index (χ1v) is 10.8. The van der Waals surface area contributed by atoms with Crippen molar-refractivity contribution in [2.24, 2.45) is 7.05 Å². The molecule has 0 unspecified atom stereocenters. The van der Waals surface area contributed by atoms with Crippen LogP contribution in [0.4, 0.5) is 0 Å². The molecule has 2 aliphatic heterocycles. The van der Waals surface area contributed by atoms with Gasteiger partial charge in [-0.25, -0.2) is 13.2 Å². The van der Waals surface area contributed by atoms with E-state index in [0.717, 1.165) is 19.5 Å². The van der Waals surface area contributed by atoms with Crippen LogP contribution in [0.3, 0.4) is 0 Å². The fraction of sp³-hybridized carbons (Fsp3) is 0.350. The lowest BCUT2D eigenvalue weighted by Crippen LogP contribution is -2.61. The van der Waals surface area contributed by atoms with Crippen LogP contribution < -0.4 is 5.76 Å². The third-order valence-corrected chi connectivity index (χ3v) is 7.73. The maximum Gasteiger partial charge on any atom is 0.419 e. The molecule has 8 heteroatoms. The van der Waals surface area contributed by atoms with E-state index < -0.39 is 15.8 Å². The second kappa shape index (κ2) is 6.30. The minimum Gasteiger partial charge on any atom is -0.408 e. The number of oxazole rings is 1. The number of fused-ring (bicyclic) bond motifs is 2. The summed E-state index contributed by atoms with van der Waals surface area (Å²) in [6.07, 6.45) is 1.00. The standard InChI is InChI=1S/C20H21N3O4S/c1-21-18-10-17(6-7-19(18)27-20(21)24)28(25,26)23-12-16(13-23)22-9-8-14-4-2-3-5-15(14)11-22/h2-7,10,16H,8-9,11-13H2,1H3. The Morgan fingerprint density at radius 3 is 2.61 bits per heavy atom. The van der Waals surface area contributed by atoms with Crippen LogP contribution >= 0.6 is 0 Å². The van der Waals surface area contributed by atoms with Crippen LogP contribution in [0.2, 0.25) is 0 Å². The second-order valence-corrected chi connectivity index (χ2v) is 9.46. The highest BCUT2D eigenvalue weighted by Gasteiger charge is 2.40. The molecule has 0 aliphatic carbocycles. The lowest BCUT2D eigenvalue weighted by Gasteiger charge is -2.46. The van der Waals surface area contributed by atoms with Crippen molar-refractivity contribution in [2.45, 2.75) is 23.9 Å². The lowest BCUT2D eigenvalue weighted by molar-refractivity contribution is 0.0769. The van der Waals surface area contributed by atoms with Gasteiger partial charge in [-0.2, -0.15) is 4.31 Å². The highest BCUT2D eigenvalue weighted by atomic mass is 32.2. The Labute approximate surface area is 162 Å². The van der Waals surface area contributed by atoms with Crippen molar-refractivity contribution in [3.63, 3.8) is 0 Å². The Hall–Kier alpha value is -2.42. The smallest absolute Gasteiger partial charge is 0.408 e. The van der Waals surface area contributed by atoms with E-state index in [1.54, 1.807) is 13.1 Å². The summed E-state index contributed by atoms with van der Waals surface area (Å²) in [6.45, 7) is 2.82. The van der Waals surface area contributed by atoms with Gasteiger partial charge < -0.3 is 4.42 Å². The van der Waals surface area contributed by atoms with Crippen LogP contribution in [0.15, 0.2) is 56.6 Å². The average molecular weight is 399 g/mol. The summed E-state index contributed by atoms with van der Waals surface area (Å²) < 4.78 is 33.9. The molecule has 1 fully saturated rings. The Bertz CT molecular complexity index is 1220. The molecule has 0 radical (unpaired) electrons. The van der Waals surface area contributed by atoms with Gasteiger partial charge in [-0.15, -0.1) is 0 Å². The first-order chi connectivity index (χ1) is 13.4. The number of hydrogen-bond donors (Lipinski definition) is 0. The number of rotatable bonds is 3. The van der Waals surface area contributed by atoms with Gasteiger partial charge in [0, 0.05) is 39.3 Å². The van der Waals surface area contributed by atoms with Gasteiger partial charge in [0.2, 0.25) is 10.0 Å². The van der Waals surface area contributed by atoms with E-state index >= 15 is 0 Å². The Kier molecular flexibility index (Phi) is 3.97. The summed E-state index contributed by atoms with van der Waals surface area (Å²) in [5.41, 5.74) is 3.60. The molecular formula is C20H21N3O4S. The van der Waals surface area contributed by atoms with Gasteiger partial charge in [0.05, 0.1) is 10.4 Å². The molecule has 0 atom stereocenters. The van der Waals surface area contributed by atoms with E-state index in [2.05, 4.69) is 29.2 Å². The van der Waals surface area contributed by atoms with Crippen molar-refractivity contribution in [2.75, 3.05) is 19.6 Å². The van der Waals surface area contributed by atoms with Gasteiger partial charge in [0.15, 0.2) is 5.58 Å². The number of aryl methyl sites for hydroxylation is 1. The average Bonchev–Trinajstić information content (AvgIpc) is 2.94. The predicted molar refractivity (Wildman–Crippen MR) is 105 cm³/mol. The van der Waals surface area contributed by atoms with Crippen LogP contribution in [0.5, 0.6) is 0 Å². The molecule has 3 aromatic rings. The van der Waals surface area contributed by atoms with Crippen molar-refractivity contribution in [3.05, 3.63) is 64.1 Å². The first-order valence-electron chi connectivity index (χ1n) is 9.34. The van der Waals surface area contributed by atoms with E-state index in [4.69, 9.17) is 4.42 Å². The zero-order valence-electron chi connectivity index (χ0n) is 15.5. The summed E-state index contributed by atoms with van der Waals surface area (Å²) in [7, 11) is -2.02. The van der Waals surface area contributed by atoms with Crippen LogP contribution in [-0.2, 0) is 30.0 Å². The van der Waals surface area contributed by atoms with Crippen molar-refractivity contribution in [3.8, 4) is 0 Å². The third kappa shape index (κ3) is 2.71. The zero-order valence-corrected chi connectivity index (χ0v) is 16.4. The van der Waals surface area contributed by atoms with Crippen LogP contribution in [0, 0.1) is 0 Å². The van der Waals surface area contributed by atoms with Crippen molar-refractivity contribution >= 4 is 21.1 Å². The van der Waals surface area contributed by atoms with E-state index in [1.807, 2.05) is 0 Å². The fourth-order valence-electron chi connectivity index (χ4n) is 4.09. The molecule has 7 nitrogen and oxygen atoms in total. The summed E-state index contributed by atoms with van der Waals surface area (Å²) in [4.78, 5) is 14.2. The zero-order chi connectivity index (χ0) is 19.5.